The van der Waals surface area contributed by atoms with Crippen LogP contribution < -0.4 is 0 Å². The number of unbranched alkanes of at least 4 members (excludes halogenated alkanes) is 1. The zero-order chi connectivity index (χ0) is 11.6. The first kappa shape index (κ1) is 14.0. The maximum Gasteiger partial charge on any atom is 0.0700 e. The van der Waals surface area contributed by atoms with Crippen LogP contribution in [0, 0.1) is 11.8 Å². The number of hydrogen-bond acceptors (Lipinski definition) is 2. The minimum Gasteiger partial charge on any atom is -0.379 e. The van der Waals surface area contributed by atoms with Gasteiger partial charge in [0, 0.05) is 13.2 Å². The van der Waals surface area contributed by atoms with E-state index in [1.165, 1.54) is 32.1 Å². The topological polar surface area (TPSA) is 18.5 Å². The molecule has 16 heavy (non-hydrogen) atoms. The lowest BCUT2D eigenvalue weighted by Crippen LogP contribution is -2.06. The van der Waals surface area contributed by atoms with Crippen molar-refractivity contribution in [3.8, 4) is 0 Å². The summed E-state index contributed by atoms with van der Waals surface area (Å²) < 4.78 is 10.9. The Kier molecular flexibility index (Phi) is 7.87. The van der Waals surface area contributed by atoms with Gasteiger partial charge in [0.05, 0.1) is 13.2 Å². The molecule has 1 aliphatic carbocycles. The minimum absolute atomic E-state index is 0.762. The van der Waals surface area contributed by atoms with Crippen molar-refractivity contribution in [1.82, 2.24) is 0 Å². The van der Waals surface area contributed by atoms with Crippen LogP contribution in [0.2, 0.25) is 0 Å². The van der Waals surface area contributed by atoms with Crippen LogP contribution in [0.1, 0.15) is 52.4 Å². The Labute approximate surface area is 101 Å². The van der Waals surface area contributed by atoms with Crippen LogP contribution in [0.4, 0.5) is 0 Å². The fraction of sp³-hybridized carbons (Fsp3) is 1.00. The highest BCUT2D eigenvalue weighted by atomic mass is 16.5. The smallest absolute Gasteiger partial charge is 0.0700 e. The second-order valence-corrected chi connectivity index (χ2v) is 4.91. The molecule has 0 aliphatic heterocycles. The first-order chi connectivity index (χ1) is 7.88. The van der Waals surface area contributed by atoms with Crippen molar-refractivity contribution in [2.75, 3.05) is 26.4 Å². The average molecular weight is 228 g/mol. The molecule has 1 saturated carbocycles. The molecule has 1 unspecified atom stereocenters. The molecule has 2 atom stereocenters. The highest BCUT2D eigenvalue weighted by Gasteiger charge is 2.35. The molecule has 0 aromatic carbocycles. The van der Waals surface area contributed by atoms with E-state index in [0.717, 1.165) is 44.7 Å². The van der Waals surface area contributed by atoms with Gasteiger partial charge < -0.3 is 9.47 Å². The highest BCUT2D eigenvalue weighted by Crippen LogP contribution is 2.44. The predicted molar refractivity (Wildman–Crippen MR) is 67.7 cm³/mol. The van der Waals surface area contributed by atoms with Gasteiger partial charge in [-0.15, -0.1) is 0 Å². The number of ether oxygens (including phenoxy) is 2. The molecular weight excluding hydrogens is 200 g/mol. The molecule has 0 saturated heterocycles. The van der Waals surface area contributed by atoms with Gasteiger partial charge in [0.25, 0.3) is 0 Å². The summed E-state index contributed by atoms with van der Waals surface area (Å²) in [5, 5.41) is 0. The molecule has 2 nitrogen and oxygen atoms in total. The van der Waals surface area contributed by atoms with Crippen LogP contribution in [-0.4, -0.2) is 26.4 Å². The molecule has 0 aromatic rings. The highest BCUT2D eigenvalue weighted by molar-refractivity contribution is 4.85. The maximum atomic E-state index is 5.56. The Morgan fingerprint density at radius 3 is 2.19 bits per heavy atom. The quantitative estimate of drug-likeness (QED) is 0.503. The summed E-state index contributed by atoms with van der Waals surface area (Å²) >= 11 is 0. The molecule has 2 heteroatoms. The summed E-state index contributed by atoms with van der Waals surface area (Å²) in [4.78, 5) is 0. The first-order valence-electron chi connectivity index (χ1n) is 7.04. The van der Waals surface area contributed by atoms with Crippen LogP contribution in [0.15, 0.2) is 0 Å². The van der Waals surface area contributed by atoms with Crippen molar-refractivity contribution in [3.05, 3.63) is 0 Å². The summed E-state index contributed by atoms with van der Waals surface area (Å²) in [5.41, 5.74) is 0. The van der Waals surface area contributed by atoms with Crippen molar-refractivity contribution in [3.63, 3.8) is 0 Å². The molecule has 0 aromatic heterocycles. The van der Waals surface area contributed by atoms with E-state index in [2.05, 4.69) is 13.8 Å². The minimum atomic E-state index is 0.762. The van der Waals surface area contributed by atoms with E-state index >= 15 is 0 Å². The van der Waals surface area contributed by atoms with Crippen LogP contribution in [-0.2, 0) is 9.47 Å². The number of rotatable bonds is 11. The van der Waals surface area contributed by atoms with Crippen LogP contribution in [0.3, 0.4) is 0 Å². The molecular formula is C14H28O2. The molecule has 96 valence electrons. The second-order valence-electron chi connectivity index (χ2n) is 4.91. The fourth-order valence-corrected chi connectivity index (χ4v) is 2.18. The summed E-state index contributed by atoms with van der Waals surface area (Å²) in [7, 11) is 0. The van der Waals surface area contributed by atoms with Crippen LogP contribution in [0.5, 0.6) is 0 Å². The Balaban J connectivity index is 1.76. The Bertz CT molecular complexity index is 159. The molecule has 0 spiro atoms. The monoisotopic (exact) mass is 228 g/mol. The fourth-order valence-electron chi connectivity index (χ4n) is 2.18. The van der Waals surface area contributed by atoms with Crippen LogP contribution >= 0.6 is 0 Å². The van der Waals surface area contributed by atoms with Crippen molar-refractivity contribution in [1.29, 1.82) is 0 Å². The van der Waals surface area contributed by atoms with Crippen molar-refractivity contribution >= 4 is 0 Å². The lowest BCUT2D eigenvalue weighted by atomic mass is 10.1. The van der Waals surface area contributed by atoms with Gasteiger partial charge in [-0.2, -0.15) is 0 Å². The molecule has 0 heterocycles. The van der Waals surface area contributed by atoms with E-state index in [1.54, 1.807) is 0 Å². The molecule has 0 N–H and O–H groups in total. The third-order valence-electron chi connectivity index (χ3n) is 3.35. The summed E-state index contributed by atoms with van der Waals surface area (Å²) in [5.74, 6) is 2.00. The van der Waals surface area contributed by atoms with E-state index in [4.69, 9.17) is 9.47 Å². The van der Waals surface area contributed by atoms with Gasteiger partial charge in [-0.3, -0.25) is 0 Å². The first-order valence-corrected chi connectivity index (χ1v) is 7.04. The molecule has 1 rings (SSSR count). The third-order valence-corrected chi connectivity index (χ3v) is 3.35. The Morgan fingerprint density at radius 1 is 0.812 bits per heavy atom. The molecule has 0 amide bonds. The molecule has 1 aliphatic rings. The van der Waals surface area contributed by atoms with Gasteiger partial charge in [-0.05, 0) is 31.1 Å². The maximum absolute atomic E-state index is 5.56. The van der Waals surface area contributed by atoms with Crippen molar-refractivity contribution in [2.24, 2.45) is 11.8 Å². The summed E-state index contributed by atoms with van der Waals surface area (Å²) in [6.07, 6.45) is 8.02. The van der Waals surface area contributed by atoms with Crippen LogP contribution in [0.25, 0.3) is 0 Å². The zero-order valence-electron chi connectivity index (χ0n) is 11.0. The van der Waals surface area contributed by atoms with Crippen molar-refractivity contribution in [2.45, 2.75) is 52.4 Å². The normalized spacial score (nSPS) is 23.6. The Morgan fingerprint density at radius 2 is 1.50 bits per heavy atom. The molecule has 1 fully saturated rings. The standard InChI is InChI=1S/C14H28O2/c1-3-5-6-13-12-14(13)7-9-16-11-10-15-8-4-2/h13-14H,3-12H2,1-2H3/t13?,14-/m0/s1. The lowest BCUT2D eigenvalue weighted by molar-refractivity contribution is 0.0454. The van der Waals surface area contributed by atoms with Crippen molar-refractivity contribution < 1.29 is 9.47 Å². The molecule has 0 radical (unpaired) electrons. The third kappa shape index (κ3) is 6.49. The van der Waals surface area contributed by atoms with E-state index in [9.17, 15) is 0 Å². The SMILES string of the molecule is CCCCC1C[C@@H]1CCOCCOCCC. The summed E-state index contributed by atoms with van der Waals surface area (Å²) in [6, 6.07) is 0. The lowest BCUT2D eigenvalue weighted by Gasteiger charge is -2.04. The van der Waals surface area contributed by atoms with Gasteiger partial charge in [-0.1, -0.05) is 33.1 Å². The van der Waals surface area contributed by atoms with Gasteiger partial charge in [-0.25, -0.2) is 0 Å². The van der Waals surface area contributed by atoms with E-state index in [1.807, 2.05) is 0 Å². The summed E-state index contributed by atoms with van der Waals surface area (Å²) in [6.45, 7) is 7.74. The zero-order valence-corrected chi connectivity index (χ0v) is 11.0. The average Bonchev–Trinajstić information content (AvgIpc) is 3.04. The predicted octanol–water partition coefficient (Wildman–Crippen LogP) is 3.65. The van der Waals surface area contributed by atoms with Gasteiger partial charge in [0.2, 0.25) is 0 Å². The van der Waals surface area contributed by atoms with E-state index < -0.39 is 0 Å². The van der Waals surface area contributed by atoms with E-state index in [0.29, 0.717) is 0 Å². The van der Waals surface area contributed by atoms with Gasteiger partial charge in [0.15, 0.2) is 0 Å². The van der Waals surface area contributed by atoms with Gasteiger partial charge >= 0.3 is 0 Å². The Hall–Kier alpha value is -0.0800. The van der Waals surface area contributed by atoms with E-state index in [-0.39, 0.29) is 0 Å². The second kappa shape index (κ2) is 9.00. The largest absolute Gasteiger partial charge is 0.379 e. The molecule has 0 bridgehead atoms. The van der Waals surface area contributed by atoms with Gasteiger partial charge in [0.1, 0.15) is 0 Å². The number of hydrogen-bond donors (Lipinski definition) is 0.